The lowest BCUT2D eigenvalue weighted by Crippen LogP contribution is -2.32. The van der Waals surface area contributed by atoms with Crippen LogP contribution in [0.2, 0.25) is 0 Å². The van der Waals surface area contributed by atoms with Gasteiger partial charge in [-0.25, -0.2) is 4.98 Å². The molecule has 19 heavy (non-hydrogen) atoms. The Bertz CT molecular complexity index is 517. The van der Waals surface area contributed by atoms with Gasteiger partial charge in [-0.15, -0.1) is 0 Å². The summed E-state index contributed by atoms with van der Waals surface area (Å²) in [7, 11) is 0. The van der Waals surface area contributed by atoms with Crippen molar-refractivity contribution in [1.29, 1.82) is 0 Å². The van der Waals surface area contributed by atoms with Gasteiger partial charge in [-0.3, -0.25) is 0 Å². The minimum absolute atomic E-state index is 0.148. The third-order valence-corrected chi connectivity index (χ3v) is 3.44. The molecule has 1 aromatic heterocycles. The van der Waals surface area contributed by atoms with E-state index in [4.69, 9.17) is 4.98 Å². The van der Waals surface area contributed by atoms with Crippen molar-refractivity contribution in [2.75, 3.05) is 6.61 Å². The summed E-state index contributed by atoms with van der Waals surface area (Å²) in [5, 5.41) is 12.6. The minimum Gasteiger partial charge on any atom is -0.395 e. The molecule has 0 saturated carbocycles. The van der Waals surface area contributed by atoms with Crippen molar-refractivity contribution in [3.05, 3.63) is 30.1 Å². The first-order valence-corrected chi connectivity index (χ1v) is 7.08. The van der Waals surface area contributed by atoms with Crippen LogP contribution in [-0.2, 0) is 13.1 Å². The first-order chi connectivity index (χ1) is 9.30. The number of nitrogens with one attached hydrogen (secondary N) is 1. The molecular weight excluding hydrogens is 238 g/mol. The average Bonchev–Trinajstić information content (AvgIpc) is 2.79. The number of aryl methyl sites for hydroxylation is 1. The number of imidazole rings is 1. The maximum Gasteiger partial charge on any atom is 0.123 e. The first kappa shape index (κ1) is 14.0. The highest BCUT2D eigenvalue weighted by molar-refractivity contribution is 5.75. The van der Waals surface area contributed by atoms with E-state index < -0.39 is 0 Å². The molecule has 0 aliphatic rings. The predicted molar refractivity (Wildman–Crippen MR) is 78.0 cm³/mol. The zero-order chi connectivity index (χ0) is 13.7. The molecule has 0 unspecified atom stereocenters. The highest BCUT2D eigenvalue weighted by Gasteiger charge is 2.11. The summed E-state index contributed by atoms with van der Waals surface area (Å²) < 4.78 is 2.27. The molecule has 0 fully saturated rings. The van der Waals surface area contributed by atoms with Crippen molar-refractivity contribution < 1.29 is 5.11 Å². The number of aromatic nitrogens is 2. The summed E-state index contributed by atoms with van der Waals surface area (Å²) in [4.78, 5) is 4.69. The molecule has 1 heterocycles. The molecule has 2 aromatic rings. The van der Waals surface area contributed by atoms with Gasteiger partial charge in [-0.2, -0.15) is 0 Å². The van der Waals surface area contributed by atoms with E-state index in [1.165, 1.54) is 5.52 Å². The van der Waals surface area contributed by atoms with Gasteiger partial charge in [-0.1, -0.05) is 26.0 Å². The molecular formula is C15H23N3O. The van der Waals surface area contributed by atoms with Gasteiger partial charge in [0.2, 0.25) is 0 Å². The van der Waals surface area contributed by atoms with Crippen LogP contribution < -0.4 is 5.32 Å². The molecule has 4 nitrogen and oxygen atoms in total. The van der Waals surface area contributed by atoms with E-state index in [1.54, 1.807) is 0 Å². The first-order valence-electron chi connectivity index (χ1n) is 7.08. The Morgan fingerprint density at radius 3 is 2.79 bits per heavy atom. The van der Waals surface area contributed by atoms with E-state index in [0.717, 1.165) is 30.7 Å². The fraction of sp³-hybridized carbons (Fsp3) is 0.533. The van der Waals surface area contributed by atoms with Crippen LogP contribution in [0.1, 0.15) is 32.5 Å². The zero-order valence-electron chi connectivity index (χ0n) is 11.8. The zero-order valence-corrected chi connectivity index (χ0v) is 11.8. The standard InChI is InChI=1S/C15H23N3O/c1-3-9-18-14-8-6-5-7-13(14)17-15(18)10-16-12(4-2)11-19/h5-8,12,16,19H,3-4,9-11H2,1-2H3/t12-/m1/s1. The Hall–Kier alpha value is -1.39. The fourth-order valence-electron chi connectivity index (χ4n) is 2.31. The third-order valence-electron chi connectivity index (χ3n) is 3.44. The van der Waals surface area contributed by atoms with Crippen molar-refractivity contribution >= 4 is 11.0 Å². The van der Waals surface area contributed by atoms with Crippen LogP contribution >= 0.6 is 0 Å². The lowest BCUT2D eigenvalue weighted by atomic mass is 10.2. The maximum absolute atomic E-state index is 9.23. The predicted octanol–water partition coefficient (Wildman–Crippen LogP) is 2.31. The van der Waals surface area contributed by atoms with E-state index in [9.17, 15) is 5.11 Å². The molecule has 0 aliphatic carbocycles. The summed E-state index contributed by atoms with van der Waals surface area (Å²) in [6.45, 7) is 6.10. The van der Waals surface area contributed by atoms with Crippen molar-refractivity contribution in [3.8, 4) is 0 Å². The number of fused-ring (bicyclic) bond motifs is 1. The molecule has 104 valence electrons. The van der Waals surface area contributed by atoms with E-state index in [2.05, 4.69) is 35.9 Å². The Morgan fingerprint density at radius 2 is 2.11 bits per heavy atom. The van der Waals surface area contributed by atoms with Gasteiger partial charge in [-0.05, 0) is 25.0 Å². The smallest absolute Gasteiger partial charge is 0.123 e. The quantitative estimate of drug-likeness (QED) is 0.804. The average molecular weight is 261 g/mol. The maximum atomic E-state index is 9.23. The molecule has 0 radical (unpaired) electrons. The lowest BCUT2D eigenvalue weighted by Gasteiger charge is -2.14. The van der Waals surface area contributed by atoms with Crippen molar-refractivity contribution in [1.82, 2.24) is 14.9 Å². The van der Waals surface area contributed by atoms with Crippen LogP contribution in [-0.4, -0.2) is 27.3 Å². The van der Waals surface area contributed by atoms with Gasteiger partial charge in [0.15, 0.2) is 0 Å². The number of para-hydroxylation sites is 2. The molecule has 0 aliphatic heterocycles. The lowest BCUT2D eigenvalue weighted by molar-refractivity contribution is 0.237. The molecule has 4 heteroatoms. The van der Waals surface area contributed by atoms with Crippen LogP contribution in [0.3, 0.4) is 0 Å². The van der Waals surface area contributed by atoms with E-state index in [-0.39, 0.29) is 12.6 Å². The molecule has 0 saturated heterocycles. The SMILES string of the molecule is CCCn1c(CN[C@H](CC)CO)nc2ccccc21. The summed E-state index contributed by atoms with van der Waals surface area (Å²) in [5.74, 6) is 1.05. The van der Waals surface area contributed by atoms with Gasteiger partial charge < -0.3 is 15.0 Å². The minimum atomic E-state index is 0.148. The van der Waals surface area contributed by atoms with Gasteiger partial charge in [0, 0.05) is 12.6 Å². The second-order valence-corrected chi connectivity index (χ2v) is 4.84. The van der Waals surface area contributed by atoms with Crippen molar-refractivity contribution in [2.24, 2.45) is 0 Å². The summed E-state index contributed by atoms with van der Waals surface area (Å²) >= 11 is 0. The highest BCUT2D eigenvalue weighted by atomic mass is 16.3. The molecule has 2 N–H and O–H groups in total. The van der Waals surface area contributed by atoms with Crippen molar-refractivity contribution in [3.63, 3.8) is 0 Å². The monoisotopic (exact) mass is 261 g/mol. The molecule has 0 bridgehead atoms. The second kappa shape index (κ2) is 6.68. The third kappa shape index (κ3) is 3.14. The van der Waals surface area contributed by atoms with E-state index >= 15 is 0 Å². The summed E-state index contributed by atoms with van der Waals surface area (Å²) in [5.41, 5.74) is 2.24. The number of aliphatic hydroxyl groups is 1. The number of hydrogen-bond donors (Lipinski definition) is 2. The van der Waals surface area contributed by atoms with Crippen LogP contribution in [0.5, 0.6) is 0 Å². The Morgan fingerprint density at radius 1 is 1.32 bits per heavy atom. The molecule has 1 atom stereocenters. The molecule has 1 aromatic carbocycles. The van der Waals surface area contributed by atoms with Crippen molar-refractivity contribution in [2.45, 2.75) is 45.8 Å². The number of nitrogens with zero attached hydrogens (tertiary/aromatic N) is 2. The summed E-state index contributed by atoms with van der Waals surface area (Å²) in [6, 6.07) is 8.38. The van der Waals surface area contributed by atoms with Crippen LogP contribution in [0.25, 0.3) is 11.0 Å². The Kier molecular flexibility index (Phi) is 4.93. The highest BCUT2D eigenvalue weighted by Crippen LogP contribution is 2.16. The van der Waals surface area contributed by atoms with Crippen LogP contribution in [0.15, 0.2) is 24.3 Å². The fourth-order valence-corrected chi connectivity index (χ4v) is 2.31. The topological polar surface area (TPSA) is 50.1 Å². The molecule has 0 spiro atoms. The summed E-state index contributed by atoms with van der Waals surface area (Å²) in [6.07, 6.45) is 2.01. The number of benzene rings is 1. The van der Waals surface area contributed by atoms with Gasteiger partial charge in [0.25, 0.3) is 0 Å². The Labute approximate surface area is 114 Å². The number of rotatable bonds is 7. The Balaban J connectivity index is 2.23. The largest absolute Gasteiger partial charge is 0.395 e. The second-order valence-electron chi connectivity index (χ2n) is 4.84. The van der Waals surface area contributed by atoms with E-state index in [0.29, 0.717) is 6.54 Å². The molecule has 0 amide bonds. The van der Waals surface area contributed by atoms with Gasteiger partial charge in [0.1, 0.15) is 5.82 Å². The normalized spacial score (nSPS) is 13.0. The van der Waals surface area contributed by atoms with Crippen LogP contribution in [0.4, 0.5) is 0 Å². The van der Waals surface area contributed by atoms with E-state index in [1.807, 2.05) is 12.1 Å². The number of hydrogen-bond acceptors (Lipinski definition) is 3. The molecule has 2 rings (SSSR count). The van der Waals surface area contributed by atoms with Crippen LogP contribution in [0, 0.1) is 0 Å². The van der Waals surface area contributed by atoms with Gasteiger partial charge >= 0.3 is 0 Å². The number of aliphatic hydroxyl groups excluding tert-OH is 1. The van der Waals surface area contributed by atoms with Gasteiger partial charge in [0.05, 0.1) is 24.2 Å².